The fourth-order valence-electron chi connectivity index (χ4n) is 3.61. The number of hydrogen-bond donors (Lipinski definition) is 0. The minimum absolute atomic E-state index is 0.0783. The van der Waals surface area contributed by atoms with Crippen LogP contribution in [0, 0.1) is 6.92 Å². The lowest BCUT2D eigenvalue weighted by molar-refractivity contribution is 0.0873. The van der Waals surface area contributed by atoms with Gasteiger partial charge in [0, 0.05) is 29.1 Å². The number of rotatable bonds is 3. The van der Waals surface area contributed by atoms with Crippen LogP contribution in [0.3, 0.4) is 0 Å². The van der Waals surface area contributed by atoms with Gasteiger partial charge >= 0.3 is 0 Å². The van der Waals surface area contributed by atoms with E-state index in [1.54, 1.807) is 17.4 Å². The van der Waals surface area contributed by atoms with Crippen LogP contribution < -0.4 is 9.47 Å². The van der Waals surface area contributed by atoms with Gasteiger partial charge in [0.2, 0.25) is 5.78 Å². The Hall–Kier alpha value is -2.60. The molecule has 0 spiro atoms. The first-order valence-corrected chi connectivity index (χ1v) is 10.6. The van der Waals surface area contributed by atoms with Crippen molar-refractivity contribution in [3.8, 4) is 11.5 Å². The molecule has 146 valence electrons. The second-order valence-electron chi connectivity index (χ2n) is 7.21. The van der Waals surface area contributed by atoms with E-state index >= 15 is 0 Å². The molecule has 4 nitrogen and oxygen atoms in total. The van der Waals surface area contributed by atoms with Crippen LogP contribution in [0.5, 0.6) is 11.5 Å². The van der Waals surface area contributed by atoms with Crippen molar-refractivity contribution in [2.45, 2.75) is 20.0 Å². The summed E-state index contributed by atoms with van der Waals surface area (Å²) in [5.74, 6) is 1.69. The summed E-state index contributed by atoms with van der Waals surface area (Å²) in [6.45, 7) is 3.89. The normalized spacial score (nSPS) is 17.0. The lowest BCUT2D eigenvalue weighted by Crippen LogP contribution is -2.31. The Morgan fingerprint density at radius 2 is 2.00 bits per heavy atom. The first kappa shape index (κ1) is 18.4. The van der Waals surface area contributed by atoms with Gasteiger partial charge in [-0.25, -0.2) is 0 Å². The summed E-state index contributed by atoms with van der Waals surface area (Å²) in [5.41, 5.74) is 3.80. The Kier molecular flexibility index (Phi) is 4.66. The second-order valence-corrected chi connectivity index (χ2v) is 8.60. The molecule has 0 radical (unpaired) electrons. The van der Waals surface area contributed by atoms with E-state index in [1.165, 1.54) is 0 Å². The molecule has 0 bridgehead atoms. The molecule has 6 heteroatoms. The summed E-state index contributed by atoms with van der Waals surface area (Å²) >= 11 is 7.58. The third kappa shape index (κ3) is 3.46. The van der Waals surface area contributed by atoms with Gasteiger partial charge in [-0.2, -0.15) is 0 Å². The largest absolute Gasteiger partial charge is 0.478 e. The molecule has 0 atom stereocenters. The number of nitrogens with zero attached hydrogens (tertiary/aromatic N) is 1. The maximum atomic E-state index is 12.9. The third-order valence-electron chi connectivity index (χ3n) is 5.17. The highest BCUT2D eigenvalue weighted by Gasteiger charge is 2.33. The fourth-order valence-corrected chi connectivity index (χ4v) is 4.58. The van der Waals surface area contributed by atoms with E-state index in [1.807, 2.05) is 54.8 Å². The third-order valence-corrected chi connectivity index (χ3v) is 6.38. The summed E-state index contributed by atoms with van der Waals surface area (Å²) < 4.78 is 12.0. The van der Waals surface area contributed by atoms with Crippen molar-refractivity contribution in [3.05, 3.63) is 85.8 Å². The molecule has 3 aromatic rings. The van der Waals surface area contributed by atoms with Crippen LogP contribution in [-0.4, -0.2) is 17.4 Å². The van der Waals surface area contributed by atoms with Crippen LogP contribution in [0.15, 0.2) is 53.6 Å². The Balaban J connectivity index is 1.43. The number of ketones is 1. The summed E-state index contributed by atoms with van der Waals surface area (Å²) in [7, 11) is 0. The zero-order chi connectivity index (χ0) is 20.0. The van der Waals surface area contributed by atoms with Crippen LogP contribution in [0.4, 0.5) is 0 Å². The number of Topliss-reactive ketones (excluding diaryl/α,β-unsaturated/α-hetero) is 1. The van der Waals surface area contributed by atoms with Crippen LogP contribution in [0.2, 0.25) is 5.02 Å². The van der Waals surface area contributed by atoms with Crippen LogP contribution in [-0.2, 0) is 13.1 Å². The average molecular weight is 424 g/mol. The molecule has 2 aromatic carbocycles. The molecule has 5 rings (SSSR count). The molecule has 0 N–H and O–H groups in total. The summed E-state index contributed by atoms with van der Waals surface area (Å²) in [5, 5.41) is 2.73. The van der Waals surface area contributed by atoms with Crippen molar-refractivity contribution in [1.82, 2.24) is 4.90 Å². The van der Waals surface area contributed by atoms with Crippen LogP contribution >= 0.6 is 22.9 Å². The summed E-state index contributed by atoms with van der Waals surface area (Å²) in [6, 6.07) is 13.5. The number of ether oxygens (including phenoxy) is 2. The van der Waals surface area contributed by atoms with Gasteiger partial charge in [0.05, 0.1) is 11.1 Å². The Bertz CT molecular complexity index is 1130. The van der Waals surface area contributed by atoms with E-state index in [4.69, 9.17) is 21.1 Å². The van der Waals surface area contributed by atoms with Gasteiger partial charge in [-0.1, -0.05) is 23.7 Å². The summed E-state index contributed by atoms with van der Waals surface area (Å²) in [4.78, 5) is 16.1. The minimum Gasteiger partial charge on any atom is -0.478 e. The number of thiophene rings is 1. The fraction of sp³-hybridized carbons (Fsp3) is 0.174. The number of carbonyl (C=O) groups excluding carboxylic acids is 1. The Labute approximate surface area is 177 Å². The predicted octanol–water partition coefficient (Wildman–Crippen LogP) is 5.68. The Morgan fingerprint density at radius 3 is 2.76 bits per heavy atom. The molecule has 2 aliphatic heterocycles. The molecule has 0 unspecified atom stereocenters. The molecule has 0 amide bonds. The topological polar surface area (TPSA) is 38.8 Å². The van der Waals surface area contributed by atoms with Gasteiger partial charge < -0.3 is 9.47 Å². The zero-order valence-electron chi connectivity index (χ0n) is 15.8. The molecule has 29 heavy (non-hydrogen) atoms. The SMILES string of the molecule is Cc1ccsc1/C=C1\Oc2c(ccc3c2CN(Cc2ccc(Cl)cc2)CO3)C1=O. The first-order valence-electron chi connectivity index (χ1n) is 9.32. The highest BCUT2D eigenvalue weighted by molar-refractivity contribution is 7.11. The van der Waals surface area contributed by atoms with E-state index in [2.05, 4.69) is 4.90 Å². The van der Waals surface area contributed by atoms with Crippen molar-refractivity contribution >= 4 is 34.8 Å². The van der Waals surface area contributed by atoms with Crippen molar-refractivity contribution in [2.75, 3.05) is 6.73 Å². The van der Waals surface area contributed by atoms with E-state index in [-0.39, 0.29) is 5.78 Å². The van der Waals surface area contributed by atoms with E-state index in [9.17, 15) is 4.79 Å². The van der Waals surface area contributed by atoms with Gasteiger partial charge in [-0.15, -0.1) is 11.3 Å². The Morgan fingerprint density at radius 1 is 1.17 bits per heavy atom. The zero-order valence-corrected chi connectivity index (χ0v) is 17.3. The molecular formula is C23H18ClNO3S. The molecule has 2 aliphatic rings. The molecule has 0 aliphatic carbocycles. The molecule has 0 saturated carbocycles. The molecule has 0 saturated heterocycles. The number of benzene rings is 2. The maximum absolute atomic E-state index is 12.9. The second kappa shape index (κ2) is 7.34. The minimum atomic E-state index is -0.0783. The van der Waals surface area contributed by atoms with E-state index in [0.717, 1.165) is 38.9 Å². The van der Waals surface area contributed by atoms with E-state index < -0.39 is 0 Å². The number of aryl methyl sites for hydroxylation is 1. The van der Waals surface area contributed by atoms with Crippen molar-refractivity contribution in [3.63, 3.8) is 0 Å². The quantitative estimate of drug-likeness (QED) is 0.508. The summed E-state index contributed by atoms with van der Waals surface area (Å²) in [6.07, 6.45) is 1.84. The predicted molar refractivity (Wildman–Crippen MR) is 115 cm³/mol. The molecule has 1 aromatic heterocycles. The lowest BCUT2D eigenvalue weighted by atomic mass is 10.0. The monoisotopic (exact) mass is 423 g/mol. The van der Waals surface area contributed by atoms with Gasteiger partial charge in [0.15, 0.2) is 5.76 Å². The number of hydrogen-bond acceptors (Lipinski definition) is 5. The smallest absolute Gasteiger partial charge is 0.232 e. The van der Waals surface area contributed by atoms with E-state index in [0.29, 0.717) is 30.3 Å². The first-order chi connectivity index (χ1) is 14.1. The molecule has 0 fully saturated rings. The highest BCUT2D eigenvalue weighted by atomic mass is 35.5. The number of carbonyl (C=O) groups is 1. The molecule has 3 heterocycles. The highest BCUT2D eigenvalue weighted by Crippen LogP contribution is 2.42. The standard InChI is InChI=1S/C23H18ClNO3S/c1-14-8-9-29-21(14)10-20-22(26)17-6-7-19-18(23(17)28-20)12-25(13-27-19)11-15-2-4-16(24)5-3-15/h2-10H,11-13H2,1H3/b20-10-. The molecular weight excluding hydrogens is 406 g/mol. The van der Waals surface area contributed by atoms with Crippen molar-refractivity contribution in [1.29, 1.82) is 0 Å². The van der Waals surface area contributed by atoms with Crippen molar-refractivity contribution in [2.24, 2.45) is 0 Å². The van der Waals surface area contributed by atoms with Crippen LogP contribution in [0.25, 0.3) is 6.08 Å². The number of halogens is 1. The van der Waals surface area contributed by atoms with Crippen molar-refractivity contribution < 1.29 is 14.3 Å². The van der Waals surface area contributed by atoms with Crippen LogP contribution in [0.1, 0.15) is 31.9 Å². The number of allylic oxidation sites excluding steroid dienone is 1. The maximum Gasteiger partial charge on any atom is 0.232 e. The van der Waals surface area contributed by atoms with Gasteiger partial charge in [-0.05, 0) is 53.8 Å². The number of fused-ring (bicyclic) bond motifs is 3. The van der Waals surface area contributed by atoms with Gasteiger partial charge in [-0.3, -0.25) is 9.69 Å². The van der Waals surface area contributed by atoms with Gasteiger partial charge in [0.1, 0.15) is 18.2 Å². The lowest BCUT2D eigenvalue weighted by Gasteiger charge is -2.29. The van der Waals surface area contributed by atoms with Gasteiger partial charge in [0.25, 0.3) is 0 Å². The average Bonchev–Trinajstić information content (AvgIpc) is 3.27.